The summed E-state index contributed by atoms with van der Waals surface area (Å²) in [5.74, 6) is 1.04. The maximum atomic E-state index is 12.3. The Balaban J connectivity index is 0.000000687. The Hall–Kier alpha value is -3.04. The molecular weight excluding hydrogens is 386 g/mol. The Labute approximate surface area is 173 Å². The van der Waals surface area contributed by atoms with Gasteiger partial charge in [-0.05, 0) is 42.9 Å². The lowest BCUT2D eigenvalue weighted by Gasteiger charge is -2.35. The van der Waals surface area contributed by atoms with Crippen LogP contribution in [0.4, 0.5) is 0 Å². The van der Waals surface area contributed by atoms with Crippen molar-refractivity contribution in [2.45, 2.75) is 31.5 Å². The van der Waals surface area contributed by atoms with Gasteiger partial charge in [0.15, 0.2) is 0 Å². The number of aliphatic hydroxyl groups is 1. The second-order valence-electron chi connectivity index (χ2n) is 7.93. The Bertz CT molecular complexity index is 1050. The molecule has 9 heteroatoms. The third kappa shape index (κ3) is 4.12. The maximum absolute atomic E-state index is 12.3. The van der Waals surface area contributed by atoms with Gasteiger partial charge in [-0.25, -0.2) is 4.98 Å². The Morgan fingerprint density at radius 1 is 1.13 bits per heavy atom. The molecule has 2 N–H and O–H groups in total. The predicted molar refractivity (Wildman–Crippen MR) is 109 cm³/mol. The number of aromatic nitrogens is 4. The molecule has 1 saturated carbocycles. The van der Waals surface area contributed by atoms with E-state index < -0.39 is 0 Å². The van der Waals surface area contributed by atoms with Gasteiger partial charge in [0.1, 0.15) is 5.65 Å². The number of fused-ring (bicyclic) bond motifs is 2. The highest BCUT2D eigenvalue weighted by atomic mass is 16.3. The van der Waals surface area contributed by atoms with Crippen molar-refractivity contribution in [3.05, 3.63) is 65.0 Å². The van der Waals surface area contributed by atoms with Crippen LogP contribution in [0.5, 0.6) is 0 Å². The van der Waals surface area contributed by atoms with Crippen LogP contribution in [0, 0.1) is 11.8 Å². The number of rotatable bonds is 3. The monoisotopic (exact) mass is 411 g/mol. The van der Waals surface area contributed by atoms with E-state index in [2.05, 4.69) is 15.0 Å². The van der Waals surface area contributed by atoms with Gasteiger partial charge in [-0.1, -0.05) is 6.07 Å². The first-order valence-corrected chi connectivity index (χ1v) is 10.0. The van der Waals surface area contributed by atoms with Crippen molar-refractivity contribution in [1.29, 1.82) is 0 Å². The number of nitrogens with zero attached hydrogens (tertiary/aromatic N) is 5. The molecular formula is C21H25N5O4. The Morgan fingerprint density at radius 3 is 2.63 bits per heavy atom. The van der Waals surface area contributed by atoms with Crippen LogP contribution in [0.15, 0.2) is 53.7 Å². The summed E-state index contributed by atoms with van der Waals surface area (Å²) in [5, 5.41) is 21.8. The van der Waals surface area contributed by atoms with Gasteiger partial charge >= 0.3 is 0 Å². The molecule has 4 atom stereocenters. The molecule has 3 aromatic rings. The third-order valence-corrected chi connectivity index (χ3v) is 6.06. The van der Waals surface area contributed by atoms with Crippen molar-refractivity contribution >= 4 is 12.1 Å². The summed E-state index contributed by atoms with van der Waals surface area (Å²) in [5.41, 5.74) is 1.46. The van der Waals surface area contributed by atoms with Gasteiger partial charge in [0.2, 0.25) is 0 Å². The standard InChI is InChI=1S/C20H23N5O2.CH2O2/c26-18-9-15-12-23(11-14(15)8-17(18)25-7-3-5-21-25)13-16-10-20(27)24-6-2-1-4-19(24)22-16;2-1-3/h1-7,10,14-15,17-18,26H,8-9,11-13H2;1H,(H,2,3)/t14-,15+,17-,18-;/m1./s1. The topological polar surface area (TPSA) is 113 Å². The van der Waals surface area contributed by atoms with Gasteiger partial charge in [0.05, 0.1) is 17.8 Å². The average Bonchev–Trinajstić information content (AvgIpc) is 3.37. The lowest BCUT2D eigenvalue weighted by atomic mass is 9.77. The highest BCUT2D eigenvalue weighted by Gasteiger charge is 2.42. The van der Waals surface area contributed by atoms with Gasteiger partial charge < -0.3 is 10.2 Å². The predicted octanol–water partition coefficient (Wildman–Crippen LogP) is 1.04. The summed E-state index contributed by atoms with van der Waals surface area (Å²) in [6.45, 7) is 2.35. The summed E-state index contributed by atoms with van der Waals surface area (Å²) >= 11 is 0. The van der Waals surface area contributed by atoms with E-state index in [1.54, 1.807) is 22.9 Å². The van der Waals surface area contributed by atoms with E-state index in [-0.39, 0.29) is 24.2 Å². The molecule has 4 heterocycles. The minimum atomic E-state index is -0.352. The lowest BCUT2D eigenvalue weighted by molar-refractivity contribution is -0.122. The minimum Gasteiger partial charge on any atom is -0.483 e. The number of likely N-dealkylation sites (tertiary alicyclic amines) is 1. The van der Waals surface area contributed by atoms with E-state index in [1.807, 2.05) is 35.1 Å². The number of carboxylic acid groups (broad SMARTS) is 1. The molecule has 2 aliphatic rings. The SMILES string of the molecule is O=CO.O=c1cc(CN2C[C@H]3C[C@@H](n4cccn4)[C@H](O)C[C@H]3C2)nc2ccccn12. The average molecular weight is 411 g/mol. The molecule has 9 nitrogen and oxygen atoms in total. The molecule has 1 aliphatic heterocycles. The number of aliphatic hydroxyl groups excluding tert-OH is 1. The van der Waals surface area contributed by atoms with E-state index >= 15 is 0 Å². The van der Waals surface area contributed by atoms with Gasteiger partial charge in [-0.3, -0.25) is 23.6 Å². The van der Waals surface area contributed by atoms with Crippen molar-refractivity contribution in [3.63, 3.8) is 0 Å². The molecule has 5 rings (SSSR count). The second kappa shape index (κ2) is 8.76. The largest absolute Gasteiger partial charge is 0.483 e. The zero-order valence-electron chi connectivity index (χ0n) is 16.5. The quantitative estimate of drug-likeness (QED) is 0.619. The number of carbonyl (C=O) groups is 1. The normalized spacial score (nSPS) is 26.0. The van der Waals surface area contributed by atoms with Crippen molar-refractivity contribution in [2.24, 2.45) is 11.8 Å². The minimum absolute atomic E-state index is 0.0404. The van der Waals surface area contributed by atoms with Crippen molar-refractivity contribution in [1.82, 2.24) is 24.1 Å². The molecule has 0 aromatic carbocycles. The zero-order chi connectivity index (χ0) is 21.1. The molecule has 30 heavy (non-hydrogen) atoms. The van der Waals surface area contributed by atoms with E-state index in [9.17, 15) is 9.90 Å². The zero-order valence-corrected chi connectivity index (χ0v) is 16.5. The molecule has 0 amide bonds. The molecule has 0 spiro atoms. The van der Waals surface area contributed by atoms with E-state index in [0.29, 0.717) is 24.0 Å². The fourth-order valence-electron chi connectivity index (χ4n) is 4.81. The first kappa shape index (κ1) is 20.2. The van der Waals surface area contributed by atoms with Crippen LogP contribution in [0.25, 0.3) is 5.65 Å². The van der Waals surface area contributed by atoms with E-state index in [0.717, 1.165) is 31.6 Å². The van der Waals surface area contributed by atoms with Crippen LogP contribution >= 0.6 is 0 Å². The highest BCUT2D eigenvalue weighted by molar-refractivity contribution is 5.38. The molecule has 0 unspecified atom stereocenters. The Kier molecular flexibility index (Phi) is 5.91. The summed E-state index contributed by atoms with van der Waals surface area (Å²) in [4.78, 5) is 27.7. The molecule has 3 aromatic heterocycles. The molecule has 1 aliphatic carbocycles. The van der Waals surface area contributed by atoms with Gasteiger partial charge in [-0.15, -0.1) is 0 Å². The fourth-order valence-corrected chi connectivity index (χ4v) is 4.81. The van der Waals surface area contributed by atoms with Crippen LogP contribution < -0.4 is 5.56 Å². The fraction of sp³-hybridized carbons (Fsp3) is 0.429. The third-order valence-electron chi connectivity index (χ3n) is 6.06. The van der Waals surface area contributed by atoms with Crippen LogP contribution in [-0.4, -0.2) is 59.9 Å². The summed E-state index contributed by atoms with van der Waals surface area (Å²) in [6.07, 6.45) is 6.85. The van der Waals surface area contributed by atoms with Gasteiger partial charge in [-0.2, -0.15) is 5.10 Å². The maximum Gasteiger partial charge on any atom is 0.290 e. The van der Waals surface area contributed by atoms with Crippen LogP contribution in [-0.2, 0) is 11.3 Å². The molecule has 1 saturated heterocycles. The van der Waals surface area contributed by atoms with Crippen LogP contribution in [0.3, 0.4) is 0 Å². The molecule has 0 bridgehead atoms. The summed E-state index contributed by atoms with van der Waals surface area (Å²) in [7, 11) is 0. The van der Waals surface area contributed by atoms with Crippen LogP contribution in [0.2, 0.25) is 0 Å². The number of hydrogen-bond acceptors (Lipinski definition) is 6. The Morgan fingerprint density at radius 2 is 1.90 bits per heavy atom. The smallest absolute Gasteiger partial charge is 0.290 e. The van der Waals surface area contributed by atoms with Crippen molar-refractivity contribution < 1.29 is 15.0 Å². The summed E-state index contributed by atoms with van der Waals surface area (Å²) < 4.78 is 3.47. The number of hydrogen-bond donors (Lipinski definition) is 2. The number of pyridine rings is 1. The van der Waals surface area contributed by atoms with Gasteiger partial charge in [0.25, 0.3) is 12.0 Å². The lowest BCUT2D eigenvalue weighted by Crippen LogP contribution is -2.36. The molecule has 2 fully saturated rings. The second-order valence-corrected chi connectivity index (χ2v) is 7.93. The first-order chi connectivity index (χ1) is 14.6. The van der Waals surface area contributed by atoms with Crippen molar-refractivity contribution in [3.8, 4) is 0 Å². The molecule has 0 radical (unpaired) electrons. The van der Waals surface area contributed by atoms with Crippen molar-refractivity contribution in [2.75, 3.05) is 13.1 Å². The van der Waals surface area contributed by atoms with E-state index in [1.165, 1.54) is 0 Å². The van der Waals surface area contributed by atoms with Crippen LogP contribution in [0.1, 0.15) is 24.6 Å². The highest BCUT2D eigenvalue weighted by Crippen LogP contribution is 2.41. The first-order valence-electron chi connectivity index (χ1n) is 10.0. The molecule has 158 valence electrons. The summed E-state index contributed by atoms with van der Waals surface area (Å²) in [6, 6.07) is 9.19. The van der Waals surface area contributed by atoms with E-state index in [4.69, 9.17) is 9.90 Å². The van der Waals surface area contributed by atoms with Gasteiger partial charge in [0, 0.05) is 44.3 Å².